The number of H-pyrrole nitrogens is 1. The van der Waals surface area contributed by atoms with Gasteiger partial charge in [0.2, 0.25) is 0 Å². The topological polar surface area (TPSA) is 66.8 Å². The molecule has 0 aliphatic rings. The molecule has 3 rings (SSSR count). The van der Waals surface area contributed by atoms with Gasteiger partial charge in [0.1, 0.15) is 0 Å². The van der Waals surface area contributed by atoms with Crippen LogP contribution < -0.4 is 0 Å². The van der Waals surface area contributed by atoms with E-state index in [2.05, 4.69) is 15.3 Å². The smallest absolute Gasteiger partial charge is 0.257 e. The summed E-state index contributed by atoms with van der Waals surface area (Å²) in [4.78, 5) is 14.3. The van der Waals surface area contributed by atoms with Crippen LogP contribution in [0.1, 0.15) is 10.4 Å². The molecule has 23 heavy (non-hydrogen) atoms. The second-order valence-corrected chi connectivity index (χ2v) is 5.60. The average molecular weight is 330 g/mol. The molecule has 2 heterocycles. The molecule has 0 saturated carbocycles. The predicted molar refractivity (Wildman–Crippen MR) is 88.2 cm³/mol. The van der Waals surface area contributed by atoms with Crippen LogP contribution in [0, 0.1) is 0 Å². The Morgan fingerprint density at radius 1 is 1.39 bits per heavy atom. The van der Waals surface area contributed by atoms with E-state index in [1.54, 1.807) is 41.2 Å². The third-order valence-electron chi connectivity index (χ3n) is 3.55. The maximum Gasteiger partial charge on any atom is 0.257 e. The average Bonchev–Trinajstić information content (AvgIpc) is 3.23. The summed E-state index contributed by atoms with van der Waals surface area (Å²) in [5, 5.41) is 11.6. The summed E-state index contributed by atoms with van der Waals surface area (Å²) in [6, 6.07) is 9.18. The van der Waals surface area contributed by atoms with Crippen molar-refractivity contribution in [2.45, 2.75) is 6.54 Å². The molecule has 0 fully saturated rings. The lowest BCUT2D eigenvalue weighted by Crippen LogP contribution is -2.30. The third kappa shape index (κ3) is 3.43. The van der Waals surface area contributed by atoms with Crippen molar-refractivity contribution in [3.05, 3.63) is 59.5 Å². The van der Waals surface area contributed by atoms with Crippen molar-refractivity contribution in [3.63, 3.8) is 0 Å². The van der Waals surface area contributed by atoms with Gasteiger partial charge in [0.15, 0.2) is 0 Å². The van der Waals surface area contributed by atoms with E-state index in [0.717, 1.165) is 5.56 Å². The number of carbonyl (C=O) groups is 1. The van der Waals surface area contributed by atoms with Crippen LogP contribution in [0.25, 0.3) is 11.3 Å². The fourth-order valence-electron chi connectivity index (χ4n) is 2.30. The van der Waals surface area contributed by atoms with Gasteiger partial charge in [-0.3, -0.25) is 14.6 Å². The Morgan fingerprint density at radius 3 is 3.00 bits per heavy atom. The molecule has 6 nitrogen and oxygen atoms in total. The Kier molecular flexibility index (Phi) is 4.43. The molecule has 2 aromatic heterocycles. The molecule has 7 heteroatoms. The van der Waals surface area contributed by atoms with E-state index >= 15 is 0 Å². The van der Waals surface area contributed by atoms with Gasteiger partial charge in [0, 0.05) is 36.6 Å². The normalized spacial score (nSPS) is 10.7. The molecule has 3 aromatic rings. The summed E-state index contributed by atoms with van der Waals surface area (Å²) in [7, 11) is 1.76. The Hall–Kier alpha value is -2.60. The van der Waals surface area contributed by atoms with Gasteiger partial charge in [-0.1, -0.05) is 23.7 Å². The zero-order valence-corrected chi connectivity index (χ0v) is 13.4. The van der Waals surface area contributed by atoms with E-state index in [9.17, 15) is 4.79 Å². The zero-order valence-electron chi connectivity index (χ0n) is 12.6. The summed E-state index contributed by atoms with van der Waals surface area (Å²) in [5.41, 5.74) is 2.03. The number of hydrogen-bond donors (Lipinski definition) is 1. The molecule has 0 bridgehead atoms. The maximum atomic E-state index is 12.6. The largest absolute Gasteiger partial charge is 0.340 e. The van der Waals surface area contributed by atoms with Crippen molar-refractivity contribution in [2.24, 2.45) is 0 Å². The van der Waals surface area contributed by atoms with Gasteiger partial charge in [-0.05, 0) is 18.2 Å². The van der Waals surface area contributed by atoms with E-state index in [-0.39, 0.29) is 5.91 Å². The summed E-state index contributed by atoms with van der Waals surface area (Å²) in [5.74, 6) is -0.0964. The van der Waals surface area contributed by atoms with Crippen molar-refractivity contribution in [3.8, 4) is 11.3 Å². The van der Waals surface area contributed by atoms with Crippen LogP contribution in [0.5, 0.6) is 0 Å². The number of hydrogen-bond acceptors (Lipinski definition) is 3. The summed E-state index contributed by atoms with van der Waals surface area (Å²) >= 11 is 6.02. The molecule has 0 atom stereocenters. The molecule has 1 aromatic carbocycles. The van der Waals surface area contributed by atoms with Crippen molar-refractivity contribution in [1.82, 2.24) is 24.9 Å². The monoisotopic (exact) mass is 329 g/mol. The number of amides is 1. The van der Waals surface area contributed by atoms with E-state index in [4.69, 9.17) is 11.6 Å². The van der Waals surface area contributed by atoms with Crippen LogP contribution in [0.2, 0.25) is 5.02 Å². The van der Waals surface area contributed by atoms with Gasteiger partial charge in [-0.25, -0.2) is 0 Å². The number of benzene rings is 1. The first-order valence-corrected chi connectivity index (χ1v) is 7.55. The van der Waals surface area contributed by atoms with E-state index < -0.39 is 0 Å². The molecule has 118 valence electrons. The lowest BCUT2D eigenvalue weighted by atomic mass is 10.1. The van der Waals surface area contributed by atoms with Crippen LogP contribution in [-0.2, 0) is 6.54 Å². The standard InChI is InChI=1S/C16H16ClN5O/c1-21(8-9-22-7-3-6-19-22)16(23)14-11-18-20-15(14)12-4-2-5-13(17)10-12/h2-7,10-11H,8-9H2,1H3,(H,18,20). The number of likely N-dealkylation sites (N-methyl/N-ethyl adjacent to an activating group) is 1. The molecular weight excluding hydrogens is 314 g/mol. The molecular formula is C16H16ClN5O. The minimum Gasteiger partial charge on any atom is -0.340 e. The van der Waals surface area contributed by atoms with Gasteiger partial charge in [-0.2, -0.15) is 10.2 Å². The first-order chi connectivity index (χ1) is 11.1. The van der Waals surface area contributed by atoms with Crippen LogP contribution in [0.15, 0.2) is 48.9 Å². The highest BCUT2D eigenvalue weighted by Crippen LogP contribution is 2.24. The summed E-state index contributed by atoms with van der Waals surface area (Å²) in [6.07, 6.45) is 5.13. The molecule has 1 N–H and O–H groups in total. The number of rotatable bonds is 5. The first-order valence-electron chi connectivity index (χ1n) is 7.17. The second-order valence-electron chi connectivity index (χ2n) is 5.16. The van der Waals surface area contributed by atoms with Gasteiger partial charge < -0.3 is 4.90 Å². The van der Waals surface area contributed by atoms with E-state index in [0.29, 0.717) is 29.4 Å². The van der Waals surface area contributed by atoms with Gasteiger partial charge >= 0.3 is 0 Å². The lowest BCUT2D eigenvalue weighted by Gasteiger charge is -2.17. The lowest BCUT2D eigenvalue weighted by molar-refractivity contribution is 0.0790. The summed E-state index contributed by atoms with van der Waals surface area (Å²) in [6.45, 7) is 1.19. The maximum absolute atomic E-state index is 12.6. The number of halogens is 1. The van der Waals surface area contributed by atoms with Crippen molar-refractivity contribution < 1.29 is 4.79 Å². The molecule has 0 aliphatic carbocycles. The van der Waals surface area contributed by atoms with Gasteiger partial charge in [-0.15, -0.1) is 0 Å². The Balaban J connectivity index is 1.76. The fourth-order valence-corrected chi connectivity index (χ4v) is 2.49. The first kappa shape index (κ1) is 15.3. The van der Waals surface area contributed by atoms with E-state index in [1.165, 1.54) is 0 Å². The Bertz CT molecular complexity index is 796. The molecule has 0 aliphatic heterocycles. The SMILES string of the molecule is CN(CCn1cccn1)C(=O)c1cn[nH]c1-c1cccc(Cl)c1. The predicted octanol–water partition coefficient (Wildman–Crippen LogP) is 2.70. The quantitative estimate of drug-likeness (QED) is 0.782. The van der Waals surface area contributed by atoms with Crippen molar-refractivity contribution in [1.29, 1.82) is 0 Å². The third-order valence-corrected chi connectivity index (χ3v) is 3.79. The van der Waals surface area contributed by atoms with Gasteiger partial charge in [0.05, 0.1) is 24.0 Å². The highest BCUT2D eigenvalue weighted by Gasteiger charge is 2.19. The highest BCUT2D eigenvalue weighted by molar-refractivity contribution is 6.30. The van der Waals surface area contributed by atoms with Gasteiger partial charge in [0.25, 0.3) is 5.91 Å². The summed E-state index contributed by atoms with van der Waals surface area (Å²) < 4.78 is 1.79. The van der Waals surface area contributed by atoms with Crippen LogP contribution in [0.4, 0.5) is 0 Å². The molecule has 0 saturated heterocycles. The Labute approximate surface area is 138 Å². The number of nitrogens with zero attached hydrogens (tertiary/aromatic N) is 4. The Morgan fingerprint density at radius 2 is 2.26 bits per heavy atom. The number of carbonyl (C=O) groups excluding carboxylic acids is 1. The highest BCUT2D eigenvalue weighted by atomic mass is 35.5. The van der Waals surface area contributed by atoms with Crippen molar-refractivity contribution >= 4 is 17.5 Å². The zero-order chi connectivity index (χ0) is 16.2. The molecule has 0 radical (unpaired) electrons. The van der Waals surface area contributed by atoms with Crippen LogP contribution >= 0.6 is 11.6 Å². The molecule has 0 spiro atoms. The second kappa shape index (κ2) is 6.66. The molecule has 1 amide bonds. The fraction of sp³-hybridized carbons (Fsp3) is 0.188. The van der Waals surface area contributed by atoms with Crippen LogP contribution in [0.3, 0.4) is 0 Å². The van der Waals surface area contributed by atoms with E-state index in [1.807, 2.05) is 24.4 Å². The minimum atomic E-state index is -0.0964. The van der Waals surface area contributed by atoms with Crippen LogP contribution in [-0.4, -0.2) is 44.4 Å². The minimum absolute atomic E-state index is 0.0964. The number of nitrogens with one attached hydrogen (secondary N) is 1. The number of aromatic amines is 1. The number of aromatic nitrogens is 4. The van der Waals surface area contributed by atoms with Crippen molar-refractivity contribution in [2.75, 3.05) is 13.6 Å². The molecule has 0 unspecified atom stereocenters.